The zero-order chi connectivity index (χ0) is 11.1. The maximum absolute atomic E-state index is 12.4. The fourth-order valence-electron chi connectivity index (χ4n) is 1.41. The minimum atomic E-state index is -4.27. The van der Waals surface area contributed by atoms with Gasteiger partial charge < -0.3 is 0 Å². The van der Waals surface area contributed by atoms with Crippen molar-refractivity contribution in [3.8, 4) is 0 Å². The molecule has 0 heterocycles. The maximum atomic E-state index is 12.4. The van der Waals surface area contributed by atoms with Crippen molar-refractivity contribution in [2.24, 2.45) is 0 Å². The Morgan fingerprint density at radius 3 is 2.13 bits per heavy atom. The third-order valence-corrected chi connectivity index (χ3v) is 2.73. The summed E-state index contributed by atoms with van der Waals surface area (Å²) in [5, 5.41) is 1.43. The van der Waals surface area contributed by atoms with Gasteiger partial charge in [0.25, 0.3) is 0 Å². The molecule has 0 radical (unpaired) electrons. The van der Waals surface area contributed by atoms with Crippen molar-refractivity contribution in [3.63, 3.8) is 0 Å². The van der Waals surface area contributed by atoms with Crippen molar-refractivity contribution in [1.82, 2.24) is 0 Å². The fraction of sp³-hybridized carbons (Fsp3) is 0.0909. The van der Waals surface area contributed by atoms with Gasteiger partial charge >= 0.3 is 92.6 Å². The number of halogens is 3. The summed E-state index contributed by atoms with van der Waals surface area (Å²) < 4.78 is 38.2. The molecule has 0 unspecified atom stereocenters. The molecule has 0 aliphatic heterocycles. The molecule has 0 nitrogen and oxygen atoms in total. The molecule has 2 aromatic carbocycles. The van der Waals surface area contributed by atoms with E-state index in [-0.39, 0.29) is 0 Å². The van der Waals surface area contributed by atoms with Crippen LogP contribution in [0.1, 0.15) is 5.56 Å². The van der Waals surface area contributed by atoms with Crippen LogP contribution in [-0.2, 0) is 6.18 Å². The van der Waals surface area contributed by atoms with Gasteiger partial charge in [-0.2, -0.15) is 0 Å². The average molecular weight is 275 g/mol. The summed E-state index contributed by atoms with van der Waals surface area (Å²) in [6, 6.07) is 9.09. The Morgan fingerprint density at radius 1 is 0.867 bits per heavy atom. The second-order valence-corrected chi connectivity index (χ2v) is 4.33. The summed E-state index contributed by atoms with van der Waals surface area (Å²) in [5.41, 5.74) is -0.603. The molecule has 0 aliphatic rings. The molecule has 0 saturated heterocycles. The molecule has 2 rings (SSSR count). The van der Waals surface area contributed by atoms with Crippen molar-refractivity contribution in [1.29, 1.82) is 0 Å². The first-order valence-electron chi connectivity index (χ1n) is 4.27. The zero-order valence-electron chi connectivity index (χ0n) is 7.55. The number of alkyl halides is 3. The van der Waals surface area contributed by atoms with E-state index in [1.165, 1.54) is 12.1 Å². The summed E-state index contributed by atoms with van der Waals surface area (Å²) >= 11 is 2.37. The van der Waals surface area contributed by atoms with E-state index >= 15 is 0 Å². The second-order valence-electron chi connectivity index (χ2n) is 3.24. The van der Waals surface area contributed by atoms with Gasteiger partial charge in [0.2, 0.25) is 0 Å². The van der Waals surface area contributed by atoms with Crippen molar-refractivity contribution in [2.75, 3.05) is 0 Å². The van der Waals surface area contributed by atoms with Gasteiger partial charge in [-0.15, -0.1) is 0 Å². The Morgan fingerprint density at radius 2 is 1.47 bits per heavy atom. The summed E-state index contributed by atoms with van der Waals surface area (Å²) in [4.78, 5) is 0. The third kappa shape index (κ3) is 2.16. The normalized spacial score (nSPS) is 12.0. The van der Waals surface area contributed by atoms with Gasteiger partial charge in [0, 0.05) is 0 Å². The number of hydrogen-bond donors (Lipinski definition) is 0. The van der Waals surface area contributed by atoms with E-state index in [0.717, 1.165) is 15.9 Å². The van der Waals surface area contributed by atoms with Crippen LogP contribution in [0.2, 0.25) is 0 Å². The van der Waals surface area contributed by atoms with Gasteiger partial charge in [0.05, 0.1) is 0 Å². The van der Waals surface area contributed by atoms with Crippen LogP contribution in [0.3, 0.4) is 0 Å². The van der Waals surface area contributed by atoms with Crippen LogP contribution in [-0.4, -0.2) is 16.0 Å². The van der Waals surface area contributed by atoms with Crippen molar-refractivity contribution in [2.45, 2.75) is 6.18 Å². The molecule has 0 spiro atoms. The van der Waals surface area contributed by atoms with E-state index in [2.05, 4.69) is 16.0 Å². The van der Waals surface area contributed by atoms with Crippen molar-refractivity contribution in [3.05, 3.63) is 42.0 Å². The molecular weight excluding hydrogens is 268 g/mol. The van der Waals surface area contributed by atoms with Crippen LogP contribution in [0.25, 0.3) is 10.8 Å². The number of rotatable bonds is 0. The van der Waals surface area contributed by atoms with Gasteiger partial charge in [-0.25, -0.2) is 0 Å². The van der Waals surface area contributed by atoms with Gasteiger partial charge in [0.1, 0.15) is 0 Å². The van der Waals surface area contributed by atoms with E-state index < -0.39 is 11.7 Å². The molecule has 0 N–H and O–H groups in total. The van der Waals surface area contributed by atoms with Gasteiger partial charge in [-0.1, -0.05) is 0 Å². The predicted molar refractivity (Wildman–Crippen MR) is 55.7 cm³/mol. The van der Waals surface area contributed by atoms with Crippen molar-refractivity contribution < 1.29 is 13.2 Å². The van der Waals surface area contributed by atoms with Gasteiger partial charge in [0.15, 0.2) is 0 Å². The molecule has 0 aliphatic carbocycles. The molecule has 2 aromatic rings. The van der Waals surface area contributed by atoms with Crippen LogP contribution in [0, 0.1) is 0 Å². The quantitative estimate of drug-likeness (QED) is 0.648. The zero-order valence-corrected chi connectivity index (χ0v) is 9.42. The fourth-order valence-corrected chi connectivity index (χ4v) is 1.86. The second kappa shape index (κ2) is 3.54. The molecular formula is C11H7F3Se. The Hall–Kier alpha value is -0.991. The molecule has 15 heavy (non-hydrogen) atoms. The first-order chi connectivity index (χ1) is 6.97. The molecule has 0 amide bonds. The standard InChI is InChI=1S/C11H7F3Se/c12-11(13,14)9-3-1-8-6-10(15)4-2-7(8)5-9/h1-6,15H. The van der Waals surface area contributed by atoms with E-state index in [4.69, 9.17) is 0 Å². The van der Waals surface area contributed by atoms with E-state index in [0.29, 0.717) is 5.39 Å². The van der Waals surface area contributed by atoms with Crippen LogP contribution in [0.4, 0.5) is 13.2 Å². The summed E-state index contributed by atoms with van der Waals surface area (Å²) in [7, 11) is 0. The SMILES string of the molecule is FC(F)(F)c1ccc2cc([SeH])ccc2c1. The van der Waals surface area contributed by atoms with E-state index in [9.17, 15) is 13.2 Å². The van der Waals surface area contributed by atoms with Crippen LogP contribution < -0.4 is 4.46 Å². The van der Waals surface area contributed by atoms with Gasteiger partial charge in [-0.3, -0.25) is 0 Å². The van der Waals surface area contributed by atoms with E-state index in [1.54, 1.807) is 12.1 Å². The van der Waals surface area contributed by atoms with E-state index in [1.807, 2.05) is 6.07 Å². The Balaban J connectivity index is 2.62. The number of benzene rings is 2. The number of fused-ring (bicyclic) bond motifs is 1. The minimum absolute atomic E-state index is 0.603. The Bertz CT molecular complexity index is 503. The summed E-state index contributed by atoms with van der Waals surface area (Å²) in [6.45, 7) is 0. The predicted octanol–water partition coefficient (Wildman–Crippen LogP) is 2.38. The molecule has 0 bridgehead atoms. The molecule has 0 atom stereocenters. The first kappa shape index (κ1) is 10.5. The Kier molecular flexibility index (Phi) is 2.49. The molecule has 78 valence electrons. The summed E-state index contributed by atoms with van der Waals surface area (Å²) in [5.74, 6) is 0. The molecule has 4 heteroatoms. The molecule has 0 fully saturated rings. The molecule has 0 aromatic heterocycles. The van der Waals surface area contributed by atoms with Crippen LogP contribution >= 0.6 is 0 Å². The topological polar surface area (TPSA) is 0 Å². The van der Waals surface area contributed by atoms with Crippen molar-refractivity contribution >= 4 is 31.2 Å². The average Bonchev–Trinajstić information content (AvgIpc) is 2.15. The third-order valence-electron chi connectivity index (χ3n) is 2.15. The monoisotopic (exact) mass is 276 g/mol. The summed E-state index contributed by atoms with van der Waals surface area (Å²) in [6.07, 6.45) is -4.27. The first-order valence-corrected chi connectivity index (χ1v) is 5.20. The van der Waals surface area contributed by atoms with Crippen LogP contribution in [0.15, 0.2) is 36.4 Å². The molecule has 0 saturated carbocycles. The Labute approximate surface area is 92.9 Å². The number of hydrogen-bond acceptors (Lipinski definition) is 0. The van der Waals surface area contributed by atoms with Crippen LogP contribution in [0.5, 0.6) is 0 Å². The van der Waals surface area contributed by atoms with Gasteiger partial charge in [-0.05, 0) is 0 Å².